The summed E-state index contributed by atoms with van der Waals surface area (Å²) in [6, 6.07) is 0. The number of hydrogen-bond acceptors (Lipinski definition) is 5. The van der Waals surface area contributed by atoms with Gasteiger partial charge in [0.2, 0.25) is 0 Å². The van der Waals surface area contributed by atoms with Crippen LogP contribution in [0.25, 0.3) is 11.4 Å². The summed E-state index contributed by atoms with van der Waals surface area (Å²) >= 11 is 0. The molecule has 0 saturated carbocycles. The van der Waals surface area contributed by atoms with Gasteiger partial charge in [-0.05, 0) is 0 Å². The first-order valence-electron chi connectivity index (χ1n) is 5.80. The van der Waals surface area contributed by atoms with Gasteiger partial charge in [0.1, 0.15) is 11.4 Å². The van der Waals surface area contributed by atoms with Gasteiger partial charge in [0, 0.05) is 51.4 Å². The van der Waals surface area contributed by atoms with Crippen molar-refractivity contribution in [2.45, 2.75) is 6.54 Å². The topological polar surface area (TPSA) is 64.9 Å². The highest BCUT2D eigenvalue weighted by Crippen LogP contribution is 2.18. The van der Waals surface area contributed by atoms with Crippen molar-refractivity contribution < 1.29 is 4.74 Å². The summed E-state index contributed by atoms with van der Waals surface area (Å²) < 4.78 is 6.78. The predicted octanol–water partition coefficient (Wildman–Crippen LogP) is 0.613. The number of rotatable bonds is 6. The zero-order valence-corrected chi connectivity index (χ0v) is 10.6. The Hall–Kier alpha value is -1.79. The molecule has 1 N–H and O–H groups in total. The molecule has 6 heteroatoms. The van der Waals surface area contributed by atoms with Gasteiger partial charge in [0.05, 0.1) is 12.8 Å². The minimum absolute atomic E-state index is 0.695. The van der Waals surface area contributed by atoms with Crippen molar-refractivity contribution in [2.75, 3.05) is 20.3 Å². The first-order chi connectivity index (χ1) is 8.81. The molecule has 0 aliphatic carbocycles. The SMILES string of the molecule is COCCNCc1cn(C)nc1-c1cnccn1. The quantitative estimate of drug-likeness (QED) is 0.758. The average molecular weight is 247 g/mol. The van der Waals surface area contributed by atoms with Crippen molar-refractivity contribution in [3.63, 3.8) is 0 Å². The van der Waals surface area contributed by atoms with Crippen LogP contribution in [0.1, 0.15) is 5.56 Å². The smallest absolute Gasteiger partial charge is 0.117 e. The average Bonchev–Trinajstić information content (AvgIpc) is 2.77. The molecule has 0 atom stereocenters. The summed E-state index contributed by atoms with van der Waals surface area (Å²) in [7, 11) is 3.59. The zero-order chi connectivity index (χ0) is 12.8. The van der Waals surface area contributed by atoms with Crippen LogP contribution in [0.2, 0.25) is 0 Å². The fourth-order valence-electron chi connectivity index (χ4n) is 1.70. The molecular formula is C12H17N5O. The summed E-state index contributed by atoms with van der Waals surface area (Å²) in [5.74, 6) is 0. The van der Waals surface area contributed by atoms with E-state index in [0.717, 1.165) is 30.0 Å². The largest absolute Gasteiger partial charge is 0.383 e. The lowest BCUT2D eigenvalue weighted by molar-refractivity contribution is 0.199. The Morgan fingerprint density at radius 3 is 3.00 bits per heavy atom. The van der Waals surface area contributed by atoms with Crippen molar-refractivity contribution in [1.29, 1.82) is 0 Å². The molecule has 18 heavy (non-hydrogen) atoms. The van der Waals surface area contributed by atoms with E-state index in [-0.39, 0.29) is 0 Å². The van der Waals surface area contributed by atoms with Gasteiger partial charge in [-0.2, -0.15) is 5.10 Å². The van der Waals surface area contributed by atoms with Gasteiger partial charge in [-0.1, -0.05) is 0 Å². The number of aryl methyl sites for hydroxylation is 1. The van der Waals surface area contributed by atoms with Crippen LogP contribution in [-0.2, 0) is 18.3 Å². The lowest BCUT2D eigenvalue weighted by atomic mass is 10.2. The number of nitrogens with zero attached hydrogens (tertiary/aromatic N) is 4. The summed E-state index contributed by atoms with van der Waals surface area (Å²) in [4.78, 5) is 8.35. The first kappa shape index (κ1) is 12.7. The van der Waals surface area contributed by atoms with Crippen molar-refractivity contribution in [3.05, 3.63) is 30.4 Å². The van der Waals surface area contributed by atoms with Crippen LogP contribution in [0, 0.1) is 0 Å². The van der Waals surface area contributed by atoms with Gasteiger partial charge in [0.25, 0.3) is 0 Å². The molecule has 0 aliphatic heterocycles. The van der Waals surface area contributed by atoms with Gasteiger partial charge in [-0.3, -0.25) is 14.6 Å². The van der Waals surface area contributed by atoms with Crippen molar-refractivity contribution in [3.8, 4) is 11.4 Å². The lowest BCUT2D eigenvalue weighted by Crippen LogP contribution is -2.18. The Morgan fingerprint density at radius 1 is 1.39 bits per heavy atom. The fourth-order valence-corrected chi connectivity index (χ4v) is 1.70. The van der Waals surface area contributed by atoms with E-state index in [9.17, 15) is 0 Å². The lowest BCUT2D eigenvalue weighted by Gasteiger charge is -2.03. The molecule has 0 amide bonds. The molecule has 2 aromatic rings. The number of methoxy groups -OCH3 is 1. The molecule has 2 aromatic heterocycles. The molecule has 96 valence electrons. The van der Waals surface area contributed by atoms with E-state index in [4.69, 9.17) is 4.74 Å². The second-order valence-corrected chi connectivity index (χ2v) is 3.94. The number of aromatic nitrogens is 4. The Labute approximate surface area is 106 Å². The van der Waals surface area contributed by atoms with Gasteiger partial charge >= 0.3 is 0 Å². The Kier molecular flexibility index (Phi) is 4.38. The summed E-state index contributed by atoms with van der Waals surface area (Å²) in [5, 5.41) is 7.72. The molecule has 0 fully saturated rings. The third kappa shape index (κ3) is 3.12. The van der Waals surface area contributed by atoms with Crippen molar-refractivity contribution in [1.82, 2.24) is 25.1 Å². The molecule has 2 heterocycles. The van der Waals surface area contributed by atoms with E-state index < -0.39 is 0 Å². The van der Waals surface area contributed by atoms with E-state index >= 15 is 0 Å². The first-order valence-corrected chi connectivity index (χ1v) is 5.80. The minimum Gasteiger partial charge on any atom is -0.383 e. The van der Waals surface area contributed by atoms with E-state index in [2.05, 4.69) is 20.4 Å². The second-order valence-electron chi connectivity index (χ2n) is 3.94. The number of ether oxygens (including phenoxy) is 1. The standard InChI is InChI=1S/C12H17N5O/c1-17-9-10(7-14-5-6-18-2)12(16-17)11-8-13-3-4-15-11/h3-4,8-9,14H,5-7H2,1-2H3. The van der Waals surface area contributed by atoms with E-state index in [1.807, 2.05) is 13.2 Å². The molecule has 0 saturated heterocycles. The Morgan fingerprint density at radius 2 is 2.28 bits per heavy atom. The van der Waals surface area contributed by atoms with Crippen LogP contribution in [-0.4, -0.2) is 40.0 Å². The zero-order valence-electron chi connectivity index (χ0n) is 10.6. The van der Waals surface area contributed by atoms with Crippen molar-refractivity contribution in [2.24, 2.45) is 7.05 Å². The molecule has 0 spiro atoms. The van der Waals surface area contributed by atoms with Crippen LogP contribution in [0.15, 0.2) is 24.8 Å². The van der Waals surface area contributed by atoms with Crippen molar-refractivity contribution >= 4 is 0 Å². The maximum atomic E-state index is 4.99. The highest BCUT2D eigenvalue weighted by molar-refractivity contribution is 5.56. The highest BCUT2D eigenvalue weighted by atomic mass is 16.5. The molecule has 2 rings (SSSR count). The Balaban J connectivity index is 2.11. The molecular weight excluding hydrogens is 230 g/mol. The van der Waals surface area contributed by atoms with E-state index in [1.54, 1.807) is 30.4 Å². The third-order valence-electron chi connectivity index (χ3n) is 2.51. The maximum Gasteiger partial charge on any atom is 0.117 e. The molecule has 0 aromatic carbocycles. The summed E-state index contributed by atoms with van der Waals surface area (Å²) in [6.45, 7) is 2.25. The monoisotopic (exact) mass is 247 g/mol. The van der Waals surface area contributed by atoms with E-state index in [1.165, 1.54) is 0 Å². The van der Waals surface area contributed by atoms with E-state index in [0.29, 0.717) is 6.61 Å². The molecule has 6 nitrogen and oxygen atoms in total. The van der Waals surface area contributed by atoms with Crippen LogP contribution < -0.4 is 5.32 Å². The van der Waals surface area contributed by atoms with Gasteiger partial charge in [0.15, 0.2) is 0 Å². The van der Waals surface area contributed by atoms with Gasteiger partial charge in [-0.15, -0.1) is 0 Å². The van der Waals surface area contributed by atoms with Crippen LogP contribution in [0.4, 0.5) is 0 Å². The maximum absolute atomic E-state index is 4.99. The molecule has 0 unspecified atom stereocenters. The summed E-state index contributed by atoms with van der Waals surface area (Å²) in [6.07, 6.45) is 7.04. The molecule has 0 radical (unpaired) electrons. The second kappa shape index (κ2) is 6.23. The summed E-state index contributed by atoms with van der Waals surface area (Å²) in [5.41, 5.74) is 2.77. The molecule has 0 bridgehead atoms. The number of hydrogen-bond donors (Lipinski definition) is 1. The highest BCUT2D eigenvalue weighted by Gasteiger charge is 2.10. The van der Waals surface area contributed by atoms with Gasteiger partial charge < -0.3 is 10.1 Å². The van der Waals surface area contributed by atoms with Crippen LogP contribution >= 0.6 is 0 Å². The fraction of sp³-hybridized carbons (Fsp3) is 0.417. The van der Waals surface area contributed by atoms with Gasteiger partial charge in [-0.25, -0.2) is 0 Å². The number of nitrogens with one attached hydrogen (secondary N) is 1. The predicted molar refractivity (Wildman–Crippen MR) is 67.8 cm³/mol. The van der Waals surface area contributed by atoms with Crippen LogP contribution in [0.3, 0.4) is 0 Å². The third-order valence-corrected chi connectivity index (χ3v) is 2.51. The normalized spacial score (nSPS) is 10.8. The minimum atomic E-state index is 0.695. The Bertz CT molecular complexity index is 482. The van der Waals surface area contributed by atoms with Crippen LogP contribution in [0.5, 0.6) is 0 Å². The molecule has 0 aliphatic rings.